The number of hydrogen-bond acceptors (Lipinski definition) is 3. The third-order valence-corrected chi connectivity index (χ3v) is 1.57. The molecule has 5 nitrogen and oxygen atoms in total. The van der Waals surface area contributed by atoms with Crippen molar-refractivity contribution in [1.82, 2.24) is 9.97 Å². The molecule has 2 N–H and O–H groups in total. The van der Waals surface area contributed by atoms with Gasteiger partial charge in [0.1, 0.15) is 5.69 Å². The minimum absolute atomic E-state index is 0.106. The molecule has 6 heteroatoms. The Kier molecular flexibility index (Phi) is 2.14. The van der Waals surface area contributed by atoms with E-state index in [2.05, 4.69) is 4.98 Å². The summed E-state index contributed by atoms with van der Waals surface area (Å²) in [7, 11) is 0. The van der Waals surface area contributed by atoms with E-state index in [0.29, 0.717) is 0 Å². The molecule has 0 saturated heterocycles. The zero-order valence-electron chi connectivity index (χ0n) is 6.10. The van der Waals surface area contributed by atoms with E-state index >= 15 is 0 Å². The minimum atomic E-state index is -0.851. The molecule has 0 atom stereocenters. The summed E-state index contributed by atoms with van der Waals surface area (Å²) in [6.45, 7) is 1.39. The van der Waals surface area contributed by atoms with Gasteiger partial charge in [-0.2, -0.15) is 0 Å². The summed E-state index contributed by atoms with van der Waals surface area (Å²) in [5.74, 6) is 0. The monoisotopic (exact) mass is 188 g/mol. The first kappa shape index (κ1) is 8.73. The van der Waals surface area contributed by atoms with E-state index in [0.717, 1.165) is 0 Å². The van der Waals surface area contributed by atoms with E-state index in [1.54, 1.807) is 0 Å². The molecule has 0 amide bonds. The van der Waals surface area contributed by atoms with Gasteiger partial charge >= 0.3 is 5.69 Å². The summed E-state index contributed by atoms with van der Waals surface area (Å²) < 4.78 is 0. The van der Waals surface area contributed by atoms with Gasteiger partial charge in [0.25, 0.3) is 10.8 Å². The normalized spacial score (nSPS) is 9.83. The van der Waals surface area contributed by atoms with Crippen molar-refractivity contribution >= 4 is 16.8 Å². The van der Waals surface area contributed by atoms with Crippen LogP contribution >= 0.6 is 11.6 Å². The van der Waals surface area contributed by atoms with Crippen LogP contribution in [0.4, 0.5) is 0 Å². The average molecular weight is 189 g/mol. The Morgan fingerprint density at radius 2 is 1.92 bits per heavy atom. The van der Waals surface area contributed by atoms with Gasteiger partial charge in [-0.05, 0) is 18.5 Å². The van der Waals surface area contributed by atoms with E-state index in [9.17, 15) is 14.4 Å². The van der Waals surface area contributed by atoms with Crippen molar-refractivity contribution in [2.75, 3.05) is 0 Å². The van der Waals surface area contributed by atoms with Crippen molar-refractivity contribution in [3.8, 4) is 0 Å². The Labute approximate surface area is 71.4 Å². The molecule has 0 fully saturated rings. The highest BCUT2D eigenvalue weighted by molar-refractivity contribution is 6.67. The lowest BCUT2D eigenvalue weighted by Gasteiger charge is -1.95. The first-order chi connectivity index (χ1) is 5.52. The van der Waals surface area contributed by atoms with Crippen molar-refractivity contribution in [1.29, 1.82) is 0 Å². The van der Waals surface area contributed by atoms with Crippen LogP contribution in [-0.4, -0.2) is 15.2 Å². The second kappa shape index (κ2) is 2.94. The predicted octanol–water partition coefficient (Wildman–Crippen LogP) is -0.249. The molecule has 1 rings (SSSR count). The number of carbonyl (C=O) groups excluding carboxylic acids is 1. The van der Waals surface area contributed by atoms with Crippen molar-refractivity contribution in [3.05, 3.63) is 32.1 Å². The standard InChI is InChI=1S/C6H5ClN2O3/c1-2-3(4(7)10)8-6(12)9-5(2)11/h1H3,(H2,8,9,11,12). The van der Waals surface area contributed by atoms with Crippen molar-refractivity contribution in [2.45, 2.75) is 6.92 Å². The van der Waals surface area contributed by atoms with Crippen LogP contribution in [-0.2, 0) is 0 Å². The molecule has 0 bridgehead atoms. The second-order valence-corrected chi connectivity index (χ2v) is 2.53. The summed E-state index contributed by atoms with van der Waals surface area (Å²) in [6, 6.07) is 0. The summed E-state index contributed by atoms with van der Waals surface area (Å²) >= 11 is 5.09. The van der Waals surface area contributed by atoms with E-state index in [4.69, 9.17) is 11.6 Å². The van der Waals surface area contributed by atoms with Crippen LogP contribution in [0.3, 0.4) is 0 Å². The highest BCUT2D eigenvalue weighted by Gasteiger charge is 2.09. The largest absolute Gasteiger partial charge is 0.326 e. The fourth-order valence-electron chi connectivity index (χ4n) is 0.745. The number of carbonyl (C=O) groups is 1. The summed E-state index contributed by atoms with van der Waals surface area (Å²) in [5.41, 5.74) is -1.41. The molecular weight excluding hydrogens is 184 g/mol. The maximum Gasteiger partial charge on any atom is 0.326 e. The number of rotatable bonds is 1. The third-order valence-electron chi connectivity index (χ3n) is 1.38. The molecule has 1 aromatic heterocycles. The molecule has 0 radical (unpaired) electrons. The van der Waals surface area contributed by atoms with Crippen molar-refractivity contribution in [3.63, 3.8) is 0 Å². The maximum absolute atomic E-state index is 10.9. The van der Waals surface area contributed by atoms with E-state index < -0.39 is 16.5 Å². The van der Waals surface area contributed by atoms with Gasteiger partial charge in [-0.15, -0.1) is 0 Å². The average Bonchev–Trinajstić information content (AvgIpc) is 1.96. The van der Waals surface area contributed by atoms with E-state index in [1.165, 1.54) is 6.92 Å². The number of aromatic amines is 2. The van der Waals surface area contributed by atoms with Crippen molar-refractivity contribution in [2.24, 2.45) is 0 Å². The smallest absolute Gasteiger partial charge is 0.303 e. The van der Waals surface area contributed by atoms with Crippen LogP contribution < -0.4 is 11.2 Å². The molecule has 1 heterocycles. The molecule has 1 aromatic rings. The number of H-pyrrole nitrogens is 2. The van der Waals surface area contributed by atoms with Gasteiger partial charge in [-0.3, -0.25) is 14.6 Å². The minimum Gasteiger partial charge on any atom is -0.303 e. The molecule has 0 aliphatic rings. The van der Waals surface area contributed by atoms with Gasteiger partial charge in [-0.25, -0.2) is 4.79 Å². The zero-order valence-corrected chi connectivity index (χ0v) is 6.86. The van der Waals surface area contributed by atoms with E-state index in [-0.39, 0.29) is 11.3 Å². The maximum atomic E-state index is 10.9. The van der Waals surface area contributed by atoms with Crippen LogP contribution in [0.25, 0.3) is 0 Å². The lowest BCUT2D eigenvalue weighted by Crippen LogP contribution is -2.27. The third kappa shape index (κ3) is 1.45. The van der Waals surface area contributed by atoms with Crippen LogP contribution in [0.15, 0.2) is 9.59 Å². The van der Waals surface area contributed by atoms with Crippen LogP contribution in [0.5, 0.6) is 0 Å². The van der Waals surface area contributed by atoms with Crippen molar-refractivity contribution < 1.29 is 4.79 Å². The Hall–Kier alpha value is -1.36. The molecule has 0 unspecified atom stereocenters. The van der Waals surface area contributed by atoms with Crippen LogP contribution in [0.2, 0.25) is 0 Å². The van der Waals surface area contributed by atoms with Gasteiger partial charge in [0.15, 0.2) is 0 Å². The van der Waals surface area contributed by atoms with Gasteiger partial charge < -0.3 is 4.98 Å². The number of halogens is 1. The van der Waals surface area contributed by atoms with Gasteiger partial charge in [-0.1, -0.05) is 0 Å². The first-order valence-electron chi connectivity index (χ1n) is 3.05. The SMILES string of the molecule is Cc1c(C(=O)Cl)[nH]c(=O)[nH]c1=O. The predicted molar refractivity (Wildman–Crippen MR) is 42.6 cm³/mol. The number of nitrogens with one attached hydrogen (secondary N) is 2. The molecule has 12 heavy (non-hydrogen) atoms. The topological polar surface area (TPSA) is 82.8 Å². The molecule has 0 saturated carbocycles. The number of hydrogen-bond donors (Lipinski definition) is 2. The number of aromatic nitrogens is 2. The Balaban J connectivity index is 3.59. The Morgan fingerprint density at radius 1 is 1.33 bits per heavy atom. The first-order valence-corrected chi connectivity index (χ1v) is 3.43. The fourth-order valence-corrected chi connectivity index (χ4v) is 0.934. The molecule has 64 valence electrons. The Bertz CT molecular complexity index is 431. The van der Waals surface area contributed by atoms with Crippen LogP contribution in [0.1, 0.15) is 16.1 Å². The van der Waals surface area contributed by atoms with Gasteiger partial charge in [0.2, 0.25) is 0 Å². The molecule has 0 aliphatic carbocycles. The quantitative estimate of drug-likeness (QED) is 0.597. The van der Waals surface area contributed by atoms with Gasteiger partial charge in [0, 0.05) is 5.56 Å². The Morgan fingerprint density at radius 3 is 2.42 bits per heavy atom. The summed E-state index contributed by atoms with van der Waals surface area (Å²) in [5, 5.41) is -0.851. The molecule has 0 spiro atoms. The highest BCUT2D eigenvalue weighted by atomic mass is 35.5. The second-order valence-electron chi connectivity index (χ2n) is 2.18. The fraction of sp³-hybridized carbons (Fsp3) is 0.167. The van der Waals surface area contributed by atoms with Gasteiger partial charge in [0.05, 0.1) is 0 Å². The summed E-state index contributed by atoms with van der Waals surface area (Å²) in [6.07, 6.45) is 0. The molecule has 0 aromatic carbocycles. The molecular formula is C6H5ClN2O3. The van der Waals surface area contributed by atoms with Crippen LogP contribution in [0, 0.1) is 6.92 Å². The lowest BCUT2D eigenvalue weighted by atomic mass is 10.3. The van der Waals surface area contributed by atoms with E-state index in [1.807, 2.05) is 4.98 Å². The zero-order chi connectivity index (χ0) is 9.30. The molecule has 0 aliphatic heterocycles. The summed E-state index contributed by atoms with van der Waals surface area (Å²) in [4.78, 5) is 36.2. The lowest BCUT2D eigenvalue weighted by molar-refractivity contribution is 0.107. The highest BCUT2D eigenvalue weighted by Crippen LogP contribution is 1.98.